The van der Waals surface area contributed by atoms with Gasteiger partial charge < -0.3 is 45.7 Å². The van der Waals surface area contributed by atoms with E-state index in [2.05, 4.69) is 4.90 Å². The molecule has 0 N–H and O–H groups in total. The number of aromatic nitrogens is 2. The third kappa shape index (κ3) is 8.69. The fourth-order valence-corrected chi connectivity index (χ4v) is 6.43. The third-order valence-electron chi connectivity index (χ3n) is 8.25. The number of carbonyl (C=O) groups excluding carboxylic acids is 2. The Bertz CT molecular complexity index is 1710. The summed E-state index contributed by atoms with van der Waals surface area (Å²) in [5.74, 6) is -0.154. The number of amides is 1. The molecule has 4 aromatic rings. The summed E-state index contributed by atoms with van der Waals surface area (Å²) in [5, 5.41) is 0.973. The molecule has 0 radical (unpaired) electrons. The van der Waals surface area contributed by atoms with Gasteiger partial charge in [-0.1, -0.05) is 41.4 Å². The second kappa shape index (κ2) is 15.7. The molecule has 1 aromatic heterocycles. The van der Waals surface area contributed by atoms with Crippen molar-refractivity contribution in [1.29, 1.82) is 0 Å². The van der Waals surface area contributed by atoms with Gasteiger partial charge in [0, 0.05) is 56.3 Å². The molecule has 2 saturated heterocycles. The van der Waals surface area contributed by atoms with E-state index in [-0.39, 0.29) is 35.0 Å². The van der Waals surface area contributed by atoms with E-state index in [9.17, 15) is 9.59 Å². The van der Waals surface area contributed by atoms with Crippen LogP contribution in [0.4, 0.5) is 5.69 Å². The molecule has 2 unspecified atom stereocenters. The van der Waals surface area contributed by atoms with Crippen molar-refractivity contribution in [2.75, 3.05) is 44.3 Å². The topological polar surface area (TPSA) is 86.4 Å². The summed E-state index contributed by atoms with van der Waals surface area (Å²) < 4.78 is 28.3. The number of hydrogen-bond donors (Lipinski definition) is 0. The molecule has 13 heteroatoms. The Balaban J connectivity index is 0.00000451. The Labute approximate surface area is 300 Å². The monoisotopic (exact) mass is 758 g/mol. The summed E-state index contributed by atoms with van der Waals surface area (Å²) in [6.45, 7) is 7.61. The largest absolute Gasteiger partial charge is 1.00 e. The highest BCUT2D eigenvalue weighted by Crippen LogP contribution is 2.40. The molecule has 254 valence electrons. The van der Waals surface area contributed by atoms with E-state index in [0.29, 0.717) is 47.7 Å². The highest BCUT2D eigenvalue weighted by molar-refractivity contribution is 6.35. The van der Waals surface area contributed by atoms with E-state index in [0.717, 1.165) is 43.2 Å². The van der Waals surface area contributed by atoms with E-state index >= 15 is 0 Å². The van der Waals surface area contributed by atoms with Gasteiger partial charge in [-0.15, -0.1) is 0 Å². The van der Waals surface area contributed by atoms with Crippen LogP contribution in [0.1, 0.15) is 25.0 Å². The molecule has 2 aliphatic heterocycles. The molecule has 48 heavy (non-hydrogen) atoms. The Morgan fingerprint density at radius 2 is 1.67 bits per heavy atom. The molecule has 0 aliphatic carbocycles. The molecular weight excluding hydrogens is 723 g/mol. The van der Waals surface area contributed by atoms with Gasteiger partial charge in [0.05, 0.1) is 11.6 Å². The van der Waals surface area contributed by atoms with Crippen LogP contribution in [-0.2, 0) is 37.9 Å². The molecular formula is C35H37BrCl2N4O6. The fraction of sp³-hybridized carbons (Fsp3) is 0.343. The fourth-order valence-electron chi connectivity index (χ4n) is 5.88. The predicted molar refractivity (Wildman–Crippen MR) is 177 cm³/mol. The highest BCUT2D eigenvalue weighted by atomic mass is 79.9. The number of carbonyl (C=O) groups is 2. The lowest BCUT2D eigenvalue weighted by Gasteiger charge is -2.35. The summed E-state index contributed by atoms with van der Waals surface area (Å²) in [5.41, 5.74) is 2.83. The van der Waals surface area contributed by atoms with E-state index in [1.807, 2.05) is 75.2 Å². The Morgan fingerprint density at radius 3 is 2.33 bits per heavy atom. The molecule has 0 bridgehead atoms. The molecule has 2 fully saturated rings. The minimum absolute atomic E-state index is 0. The lowest BCUT2D eigenvalue weighted by atomic mass is 10.1. The van der Waals surface area contributed by atoms with Gasteiger partial charge in [0.1, 0.15) is 49.7 Å². The van der Waals surface area contributed by atoms with Gasteiger partial charge in [-0.3, -0.25) is 9.59 Å². The quantitative estimate of drug-likeness (QED) is 0.139. The molecule has 0 spiro atoms. The van der Waals surface area contributed by atoms with Crippen LogP contribution in [0.25, 0.3) is 0 Å². The number of benzene rings is 3. The number of hydrogen-bond acceptors (Lipinski definition) is 7. The van der Waals surface area contributed by atoms with Gasteiger partial charge in [0.25, 0.3) is 0 Å². The zero-order valence-corrected chi connectivity index (χ0v) is 29.8. The zero-order valence-electron chi connectivity index (χ0n) is 26.7. The Hall–Kier alpha value is -3.61. The predicted octanol–water partition coefficient (Wildman–Crippen LogP) is 2.08. The first-order valence-corrected chi connectivity index (χ1v) is 16.2. The number of esters is 1. The number of ether oxygens (including phenoxy) is 4. The van der Waals surface area contributed by atoms with Crippen molar-refractivity contribution in [2.24, 2.45) is 0 Å². The van der Waals surface area contributed by atoms with E-state index in [4.69, 9.17) is 42.1 Å². The van der Waals surface area contributed by atoms with Crippen LogP contribution < -0.4 is 35.9 Å². The summed E-state index contributed by atoms with van der Waals surface area (Å²) in [4.78, 5) is 27.0. The minimum Gasteiger partial charge on any atom is -1.00 e. The van der Waals surface area contributed by atoms with Gasteiger partial charge in [-0.05, 0) is 54.1 Å². The first kappa shape index (κ1) is 35.7. The zero-order chi connectivity index (χ0) is 33.0. The normalized spacial score (nSPS) is 19.1. The molecule has 3 heterocycles. The lowest BCUT2D eigenvalue weighted by Crippen LogP contribution is -3.00. The molecule has 1 amide bonds. The summed E-state index contributed by atoms with van der Waals surface area (Å²) >= 11 is 12.9. The molecule has 10 nitrogen and oxygen atoms in total. The van der Waals surface area contributed by atoms with Gasteiger partial charge >= 0.3 is 5.97 Å². The van der Waals surface area contributed by atoms with Crippen LogP contribution in [0.15, 0.2) is 85.5 Å². The number of anilines is 1. The van der Waals surface area contributed by atoms with Crippen molar-refractivity contribution in [3.05, 3.63) is 107 Å². The number of imidazole rings is 1. The molecule has 2 atom stereocenters. The van der Waals surface area contributed by atoms with Crippen molar-refractivity contribution < 1.29 is 50.1 Å². The summed E-state index contributed by atoms with van der Waals surface area (Å²) in [7, 11) is 0. The maximum atomic E-state index is 11.7. The third-order valence-corrected chi connectivity index (χ3v) is 8.80. The molecule has 0 saturated carbocycles. The second-order valence-electron chi connectivity index (χ2n) is 11.7. The molecule has 3 aromatic carbocycles. The number of nitrogens with zero attached hydrogens (tertiary/aromatic N) is 4. The van der Waals surface area contributed by atoms with E-state index < -0.39 is 5.79 Å². The van der Waals surface area contributed by atoms with Crippen LogP contribution in [0.2, 0.25) is 10.0 Å². The van der Waals surface area contributed by atoms with Gasteiger partial charge in [-0.2, -0.15) is 0 Å². The molecule has 6 rings (SSSR count). The van der Waals surface area contributed by atoms with Crippen molar-refractivity contribution in [2.45, 2.75) is 38.8 Å². The van der Waals surface area contributed by atoms with Crippen LogP contribution in [-0.4, -0.2) is 66.8 Å². The van der Waals surface area contributed by atoms with E-state index in [1.165, 1.54) is 6.92 Å². The van der Waals surface area contributed by atoms with Crippen LogP contribution in [0.5, 0.6) is 11.5 Å². The Morgan fingerprint density at radius 1 is 0.958 bits per heavy atom. The first-order chi connectivity index (χ1) is 22.7. The number of piperazine rings is 1. The van der Waals surface area contributed by atoms with E-state index in [1.54, 1.807) is 31.2 Å². The number of rotatable bonds is 10. The Kier molecular flexibility index (Phi) is 11.7. The van der Waals surface area contributed by atoms with Gasteiger partial charge in [-0.25, -0.2) is 9.13 Å². The standard InChI is InChI=1S/C35H37Cl2N4O6.BrH/c1-25(42)40-15-17-41(18-16-40)29-6-10-30(11-7-29)44-21-32-22-45-35(47-32,33-12-5-28(36)19-34(33)37)23-39-14-13-38(24-39)20-27-3-8-31(9-4-27)46-26(2)43;/h3-14,19,24,32H,15-18,20-23H2,1-2H3;1H/q+1;/p-1. The molecule has 2 aliphatic rings. The lowest BCUT2D eigenvalue weighted by molar-refractivity contribution is -0.688. The average molecular weight is 761 g/mol. The highest BCUT2D eigenvalue weighted by Gasteiger charge is 2.47. The maximum Gasteiger partial charge on any atom is 0.308 e. The van der Waals surface area contributed by atoms with Crippen molar-refractivity contribution in [3.8, 4) is 11.5 Å². The second-order valence-corrected chi connectivity index (χ2v) is 12.6. The smallest absolute Gasteiger partial charge is 0.308 e. The summed E-state index contributed by atoms with van der Waals surface area (Å²) in [6, 6.07) is 20.7. The minimum atomic E-state index is -1.16. The van der Waals surface area contributed by atoms with Crippen LogP contribution >= 0.6 is 23.2 Å². The van der Waals surface area contributed by atoms with Crippen molar-refractivity contribution in [3.63, 3.8) is 0 Å². The summed E-state index contributed by atoms with van der Waals surface area (Å²) in [6.07, 6.45) is 5.56. The van der Waals surface area contributed by atoms with Crippen molar-refractivity contribution in [1.82, 2.24) is 9.47 Å². The average Bonchev–Trinajstić information content (AvgIpc) is 3.68. The SMILES string of the molecule is CC(=O)Oc1ccc(C[n+]2ccn(CC3(c4ccc(Cl)cc4Cl)OCC(COc4ccc(N5CCN(C(C)=O)CC5)cc4)O3)c2)cc1.[Br-]. The van der Waals surface area contributed by atoms with Gasteiger partial charge in [0.2, 0.25) is 18.0 Å². The first-order valence-electron chi connectivity index (χ1n) is 15.5. The number of halogens is 3. The van der Waals surface area contributed by atoms with Crippen molar-refractivity contribution >= 4 is 40.8 Å². The van der Waals surface area contributed by atoms with Crippen LogP contribution in [0.3, 0.4) is 0 Å². The van der Waals surface area contributed by atoms with Gasteiger partial charge in [0.15, 0.2) is 0 Å². The van der Waals surface area contributed by atoms with Crippen LogP contribution in [0, 0.1) is 0 Å². The maximum absolute atomic E-state index is 11.7.